The lowest BCUT2D eigenvalue weighted by Gasteiger charge is -2.21. The highest BCUT2D eigenvalue weighted by Crippen LogP contribution is 2.33. The predicted molar refractivity (Wildman–Crippen MR) is 136 cm³/mol. The van der Waals surface area contributed by atoms with Crippen molar-refractivity contribution in [1.82, 2.24) is 9.88 Å². The van der Waals surface area contributed by atoms with Crippen LogP contribution in [0.25, 0.3) is 10.2 Å². The zero-order valence-corrected chi connectivity index (χ0v) is 21.0. The summed E-state index contributed by atoms with van der Waals surface area (Å²) < 4.78 is 1.03. The SMILES string of the molecule is Cc1ccc(SCCCC(=O)N(CCCN(C)C)c2nc3c(C)cc(Cl)cc3s2)cc1. The number of benzene rings is 2. The molecule has 166 valence electrons. The van der Waals surface area contributed by atoms with E-state index >= 15 is 0 Å². The molecule has 0 saturated carbocycles. The van der Waals surface area contributed by atoms with Gasteiger partial charge in [0.2, 0.25) is 5.91 Å². The average Bonchev–Trinajstić information content (AvgIpc) is 3.13. The van der Waals surface area contributed by atoms with Crippen molar-refractivity contribution in [3.05, 3.63) is 52.5 Å². The van der Waals surface area contributed by atoms with Gasteiger partial charge in [0.25, 0.3) is 0 Å². The second kappa shape index (κ2) is 11.3. The lowest BCUT2D eigenvalue weighted by atomic mass is 10.2. The molecule has 3 aromatic rings. The molecular formula is C24H30ClN3OS2. The molecule has 0 bridgehead atoms. The van der Waals surface area contributed by atoms with Crippen LogP contribution in [0.2, 0.25) is 5.02 Å². The Bertz CT molecular complexity index is 1020. The maximum absolute atomic E-state index is 13.1. The lowest BCUT2D eigenvalue weighted by Crippen LogP contribution is -2.33. The van der Waals surface area contributed by atoms with Crippen molar-refractivity contribution in [3.8, 4) is 0 Å². The number of fused-ring (bicyclic) bond motifs is 1. The van der Waals surface area contributed by atoms with Crippen LogP contribution in [0.3, 0.4) is 0 Å². The van der Waals surface area contributed by atoms with Crippen LogP contribution in [0.5, 0.6) is 0 Å². The maximum atomic E-state index is 13.1. The number of hydrogen-bond acceptors (Lipinski definition) is 5. The van der Waals surface area contributed by atoms with E-state index in [9.17, 15) is 4.79 Å². The van der Waals surface area contributed by atoms with Gasteiger partial charge in [0.05, 0.1) is 10.2 Å². The van der Waals surface area contributed by atoms with Gasteiger partial charge in [-0.2, -0.15) is 0 Å². The third-order valence-corrected chi connectivity index (χ3v) is 7.32. The minimum atomic E-state index is 0.145. The van der Waals surface area contributed by atoms with E-state index in [0.717, 1.165) is 46.1 Å². The average molecular weight is 476 g/mol. The number of anilines is 1. The zero-order chi connectivity index (χ0) is 22.4. The summed E-state index contributed by atoms with van der Waals surface area (Å²) in [7, 11) is 4.11. The van der Waals surface area contributed by atoms with Crippen molar-refractivity contribution >= 4 is 56.0 Å². The minimum Gasteiger partial charge on any atom is -0.309 e. The van der Waals surface area contributed by atoms with Crippen molar-refractivity contribution in [3.63, 3.8) is 0 Å². The number of thiazole rings is 1. The summed E-state index contributed by atoms with van der Waals surface area (Å²) in [6, 6.07) is 12.4. The fourth-order valence-corrected chi connectivity index (χ4v) is 5.63. The number of rotatable bonds is 10. The van der Waals surface area contributed by atoms with Crippen LogP contribution in [0, 0.1) is 13.8 Å². The number of nitrogens with zero attached hydrogens (tertiary/aromatic N) is 3. The van der Waals surface area contributed by atoms with E-state index < -0.39 is 0 Å². The van der Waals surface area contributed by atoms with Gasteiger partial charge in [-0.1, -0.05) is 40.6 Å². The van der Waals surface area contributed by atoms with Crippen LogP contribution in [0.1, 0.15) is 30.4 Å². The number of aromatic nitrogens is 1. The second-order valence-corrected chi connectivity index (χ2v) is 10.6. The van der Waals surface area contributed by atoms with E-state index in [4.69, 9.17) is 16.6 Å². The van der Waals surface area contributed by atoms with Gasteiger partial charge in [-0.05, 0) is 82.9 Å². The van der Waals surface area contributed by atoms with Gasteiger partial charge in [0.1, 0.15) is 0 Å². The largest absolute Gasteiger partial charge is 0.309 e. The second-order valence-electron chi connectivity index (χ2n) is 8.03. The van der Waals surface area contributed by atoms with E-state index in [1.165, 1.54) is 10.5 Å². The molecule has 1 amide bonds. The van der Waals surface area contributed by atoms with Gasteiger partial charge in [0, 0.05) is 22.9 Å². The Labute approximate surface area is 198 Å². The Morgan fingerprint density at radius 2 is 1.84 bits per heavy atom. The highest BCUT2D eigenvalue weighted by atomic mass is 35.5. The lowest BCUT2D eigenvalue weighted by molar-refractivity contribution is -0.118. The number of carbonyl (C=O) groups is 1. The molecule has 0 unspecified atom stereocenters. The third kappa shape index (κ3) is 6.94. The number of hydrogen-bond donors (Lipinski definition) is 0. The fraction of sp³-hybridized carbons (Fsp3) is 0.417. The molecule has 0 aliphatic rings. The first-order chi connectivity index (χ1) is 14.8. The Hall–Kier alpha value is -1.60. The van der Waals surface area contributed by atoms with Crippen LogP contribution in [0.15, 0.2) is 41.3 Å². The molecule has 3 rings (SSSR count). The summed E-state index contributed by atoms with van der Waals surface area (Å²) in [6.07, 6.45) is 2.28. The molecule has 0 saturated heterocycles. The first kappa shape index (κ1) is 24.1. The van der Waals surface area contributed by atoms with Gasteiger partial charge in [-0.3, -0.25) is 9.69 Å². The van der Waals surface area contributed by atoms with Crippen molar-refractivity contribution < 1.29 is 4.79 Å². The van der Waals surface area contributed by atoms with Crippen molar-refractivity contribution in [2.45, 2.75) is 38.0 Å². The topological polar surface area (TPSA) is 36.4 Å². The smallest absolute Gasteiger partial charge is 0.228 e. The van der Waals surface area contributed by atoms with E-state index in [1.54, 1.807) is 23.1 Å². The highest BCUT2D eigenvalue weighted by molar-refractivity contribution is 7.99. The van der Waals surface area contributed by atoms with E-state index in [0.29, 0.717) is 18.0 Å². The molecule has 1 heterocycles. The molecule has 2 aromatic carbocycles. The van der Waals surface area contributed by atoms with Crippen LogP contribution in [-0.2, 0) is 4.79 Å². The number of amides is 1. The monoisotopic (exact) mass is 475 g/mol. The number of thioether (sulfide) groups is 1. The molecule has 7 heteroatoms. The molecule has 0 aliphatic heterocycles. The maximum Gasteiger partial charge on any atom is 0.228 e. The molecule has 0 aliphatic carbocycles. The Morgan fingerprint density at radius 3 is 2.55 bits per heavy atom. The Morgan fingerprint density at radius 1 is 1.10 bits per heavy atom. The molecule has 0 N–H and O–H groups in total. The van der Waals surface area contributed by atoms with Crippen molar-refractivity contribution in [2.24, 2.45) is 0 Å². The van der Waals surface area contributed by atoms with Crippen LogP contribution in [0.4, 0.5) is 5.13 Å². The number of halogens is 1. The Kier molecular flexibility index (Phi) is 8.78. The van der Waals surface area contributed by atoms with Gasteiger partial charge in [-0.25, -0.2) is 4.98 Å². The van der Waals surface area contributed by atoms with E-state index in [2.05, 4.69) is 50.2 Å². The van der Waals surface area contributed by atoms with Crippen LogP contribution < -0.4 is 4.90 Å². The fourth-order valence-electron chi connectivity index (χ4n) is 3.31. The number of aryl methyl sites for hydroxylation is 2. The van der Waals surface area contributed by atoms with Crippen molar-refractivity contribution in [2.75, 3.05) is 37.8 Å². The van der Waals surface area contributed by atoms with Crippen LogP contribution in [-0.4, -0.2) is 48.7 Å². The third-order valence-electron chi connectivity index (χ3n) is 4.98. The molecule has 1 aromatic heterocycles. The van der Waals surface area contributed by atoms with Crippen LogP contribution >= 0.6 is 34.7 Å². The molecule has 0 radical (unpaired) electrons. The van der Waals surface area contributed by atoms with Gasteiger partial charge in [0.15, 0.2) is 5.13 Å². The summed E-state index contributed by atoms with van der Waals surface area (Å²) in [6.45, 7) is 5.71. The first-order valence-electron chi connectivity index (χ1n) is 10.5. The molecule has 0 atom stereocenters. The normalized spacial score (nSPS) is 11.4. The molecular weight excluding hydrogens is 446 g/mol. The minimum absolute atomic E-state index is 0.145. The first-order valence-corrected chi connectivity index (χ1v) is 12.7. The highest BCUT2D eigenvalue weighted by Gasteiger charge is 2.20. The number of carbonyl (C=O) groups excluding carboxylic acids is 1. The van der Waals surface area contributed by atoms with Gasteiger partial charge >= 0.3 is 0 Å². The van der Waals surface area contributed by atoms with E-state index in [1.807, 2.05) is 24.0 Å². The quantitative estimate of drug-likeness (QED) is 0.250. The van der Waals surface area contributed by atoms with Gasteiger partial charge in [-0.15, -0.1) is 11.8 Å². The summed E-state index contributed by atoms with van der Waals surface area (Å²) >= 11 is 9.58. The zero-order valence-electron chi connectivity index (χ0n) is 18.7. The predicted octanol–water partition coefficient (Wildman–Crippen LogP) is 6.42. The van der Waals surface area contributed by atoms with E-state index in [-0.39, 0.29) is 5.91 Å². The summed E-state index contributed by atoms with van der Waals surface area (Å²) in [5.41, 5.74) is 3.24. The summed E-state index contributed by atoms with van der Waals surface area (Å²) in [4.78, 5) is 23.2. The Balaban J connectivity index is 1.66. The molecule has 0 fully saturated rings. The summed E-state index contributed by atoms with van der Waals surface area (Å²) in [5.74, 6) is 1.07. The standard InChI is InChI=1S/C24H30ClN3OS2/c1-17-8-10-20(11-9-17)30-14-5-7-22(29)28(13-6-12-27(3)4)24-26-23-18(2)15-19(25)16-21(23)31-24/h8-11,15-16H,5-7,12-14H2,1-4H3. The van der Waals surface area contributed by atoms with Crippen molar-refractivity contribution in [1.29, 1.82) is 0 Å². The molecule has 31 heavy (non-hydrogen) atoms. The molecule has 0 spiro atoms. The summed E-state index contributed by atoms with van der Waals surface area (Å²) in [5, 5.41) is 1.48. The van der Waals surface area contributed by atoms with Gasteiger partial charge < -0.3 is 4.90 Å². The molecule has 4 nitrogen and oxygen atoms in total.